The fourth-order valence-corrected chi connectivity index (χ4v) is 3.18. The van der Waals surface area contributed by atoms with E-state index in [1.165, 1.54) is 4.90 Å². The molecule has 1 fully saturated rings. The van der Waals surface area contributed by atoms with Crippen LogP contribution in [0.2, 0.25) is 5.02 Å². The van der Waals surface area contributed by atoms with Crippen LogP contribution in [0.4, 0.5) is 0 Å². The number of aromatic nitrogens is 1. The van der Waals surface area contributed by atoms with Crippen molar-refractivity contribution in [1.82, 2.24) is 9.88 Å². The quantitative estimate of drug-likeness (QED) is 0.616. The fourth-order valence-electron chi connectivity index (χ4n) is 3.06. The van der Waals surface area contributed by atoms with Gasteiger partial charge >= 0.3 is 0 Å². The smallest absolute Gasteiger partial charge is 0.226 e. The van der Waals surface area contributed by atoms with Gasteiger partial charge in [-0.15, -0.1) is 0 Å². The van der Waals surface area contributed by atoms with Crippen molar-refractivity contribution in [3.8, 4) is 5.88 Å². The second-order valence-corrected chi connectivity index (χ2v) is 6.38. The van der Waals surface area contributed by atoms with Crippen LogP contribution in [0.1, 0.15) is 26.7 Å². The largest absolute Gasteiger partial charge is 1.00 e. The van der Waals surface area contributed by atoms with E-state index in [1.54, 1.807) is 18.3 Å². The first-order valence-electron chi connectivity index (χ1n) is 8.50. The van der Waals surface area contributed by atoms with Gasteiger partial charge < -0.3 is 26.9 Å². The molecule has 0 aromatic carbocycles. The summed E-state index contributed by atoms with van der Waals surface area (Å²) in [6.07, 6.45) is 3.54. The van der Waals surface area contributed by atoms with Crippen LogP contribution in [-0.2, 0) is 4.79 Å². The summed E-state index contributed by atoms with van der Waals surface area (Å²) < 4.78 is 5.65. The number of hydrogen-bond donors (Lipinski definition) is 1. The molecule has 5 nitrogen and oxygen atoms in total. The molecule has 2 heterocycles. The van der Waals surface area contributed by atoms with Crippen LogP contribution in [0.15, 0.2) is 18.3 Å². The Balaban J connectivity index is 0.00000288. The highest BCUT2D eigenvalue weighted by Gasteiger charge is 2.29. The second kappa shape index (κ2) is 10.7. The summed E-state index contributed by atoms with van der Waals surface area (Å²) in [7, 11) is 0. The zero-order valence-electron chi connectivity index (χ0n) is 14.4. The van der Waals surface area contributed by atoms with Gasteiger partial charge in [-0.05, 0) is 19.9 Å². The van der Waals surface area contributed by atoms with E-state index in [9.17, 15) is 4.79 Å². The van der Waals surface area contributed by atoms with Crippen molar-refractivity contribution in [3.05, 3.63) is 23.4 Å². The molecule has 136 valence electrons. The molecule has 0 radical (unpaired) electrons. The van der Waals surface area contributed by atoms with Gasteiger partial charge in [0.25, 0.3) is 0 Å². The van der Waals surface area contributed by atoms with Crippen molar-refractivity contribution in [2.45, 2.75) is 26.7 Å². The summed E-state index contributed by atoms with van der Waals surface area (Å²) in [5.74, 6) is 1.15. The van der Waals surface area contributed by atoms with Crippen LogP contribution in [0, 0.1) is 5.92 Å². The summed E-state index contributed by atoms with van der Waals surface area (Å²) in [4.78, 5) is 19.9. The average molecular weight is 376 g/mol. The normalized spacial score (nSPS) is 20.1. The first-order valence-corrected chi connectivity index (χ1v) is 8.88. The van der Waals surface area contributed by atoms with Gasteiger partial charge in [0.05, 0.1) is 18.1 Å². The van der Waals surface area contributed by atoms with Crippen LogP contribution >= 0.6 is 11.6 Å². The Morgan fingerprint density at radius 2 is 2.00 bits per heavy atom. The van der Waals surface area contributed by atoms with Gasteiger partial charge in [-0.2, -0.15) is 0 Å². The number of halogens is 2. The predicted octanol–water partition coefficient (Wildman–Crippen LogP) is -1.72. The van der Waals surface area contributed by atoms with Crippen molar-refractivity contribution in [2.75, 3.05) is 39.3 Å². The lowest BCUT2D eigenvalue weighted by Crippen LogP contribution is -3.13. The van der Waals surface area contributed by atoms with Crippen molar-refractivity contribution in [2.24, 2.45) is 5.92 Å². The molecule has 1 aliphatic rings. The predicted molar refractivity (Wildman–Crippen MR) is 91.0 cm³/mol. The SMILES string of the molecule is CCN(CC)C(=O)C1CC[NH+](CCOc2ccc(Cl)cn2)CC1.[Cl-]. The molecule has 7 heteroatoms. The zero-order valence-corrected chi connectivity index (χ0v) is 15.9. The van der Waals surface area contributed by atoms with Crippen molar-refractivity contribution >= 4 is 17.5 Å². The van der Waals surface area contributed by atoms with E-state index in [0.717, 1.165) is 45.6 Å². The van der Waals surface area contributed by atoms with Crippen LogP contribution in [0.3, 0.4) is 0 Å². The van der Waals surface area contributed by atoms with Gasteiger partial charge in [0.1, 0.15) is 13.2 Å². The maximum atomic E-state index is 12.4. The second-order valence-electron chi connectivity index (χ2n) is 5.95. The molecule has 1 aromatic rings. The zero-order chi connectivity index (χ0) is 16.7. The molecule has 0 atom stereocenters. The molecule has 1 saturated heterocycles. The number of carbonyl (C=O) groups is 1. The Hall–Kier alpha value is -1.04. The van der Waals surface area contributed by atoms with Crippen LogP contribution < -0.4 is 22.0 Å². The van der Waals surface area contributed by atoms with Crippen LogP contribution in [-0.4, -0.2) is 55.1 Å². The lowest BCUT2D eigenvalue weighted by Gasteiger charge is -2.31. The van der Waals surface area contributed by atoms with E-state index in [2.05, 4.69) is 4.98 Å². The number of hydrogen-bond acceptors (Lipinski definition) is 3. The maximum Gasteiger partial charge on any atom is 0.226 e. The number of nitrogens with one attached hydrogen (secondary N) is 1. The molecule has 1 N–H and O–H groups in total. The molecule has 0 saturated carbocycles. The Morgan fingerprint density at radius 1 is 1.33 bits per heavy atom. The van der Waals surface area contributed by atoms with Gasteiger partial charge in [-0.1, -0.05) is 11.6 Å². The van der Waals surface area contributed by atoms with Gasteiger partial charge in [0.2, 0.25) is 11.8 Å². The third kappa shape index (κ3) is 6.11. The topological polar surface area (TPSA) is 46.9 Å². The molecular formula is C17H27Cl2N3O2. The Bertz CT molecular complexity index is 487. The summed E-state index contributed by atoms with van der Waals surface area (Å²) >= 11 is 5.80. The van der Waals surface area contributed by atoms with Gasteiger partial charge in [0.15, 0.2) is 0 Å². The molecule has 1 amide bonds. The lowest BCUT2D eigenvalue weighted by molar-refractivity contribution is -0.905. The molecule has 0 aliphatic carbocycles. The van der Waals surface area contributed by atoms with Crippen LogP contribution in [0.5, 0.6) is 5.88 Å². The number of pyridine rings is 1. The third-order valence-electron chi connectivity index (χ3n) is 4.52. The monoisotopic (exact) mass is 375 g/mol. The number of carbonyl (C=O) groups excluding carboxylic acids is 1. The van der Waals surface area contributed by atoms with Crippen molar-refractivity contribution < 1.29 is 26.8 Å². The fraction of sp³-hybridized carbons (Fsp3) is 0.647. The summed E-state index contributed by atoms with van der Waals surface area (Å²) in [6.45, 7) is 9.36. The summed E-state index contributed by atoms with van der Waals surface area (Å²) in [6, 6.07) is 3.56. The van der Waals surface area contributed by atoms with E-state index in [4.69, 9.17) is 16.3 Å². The van der Waals surface area contributed by atoms with Crippen molar-refractivity contribution in [1.29, 1.82) is 0 Å². The molecule has 0 bridgehead atoms. The van der Waals surface area contributed by atoms with Gasteiger partial charge in [-0.25, -0.2) is 4.98 Å². The maximum absolute atomic E-state index is 12.4. The highest BCUT2D eigenvalue weighted by Crippen LogP contribution is 2.14. The Labute approximate surface area is 155 Å². The van der Waals surface area contributed by atoms with Gasteiger partial charge in [0, 0.05) is 44.1 Å². The van der Waals surface area contributed by atoms with Crippen molar-refractivity contribution in [3.63, 3.8) is 0 Å². The first kappa shape index (κ1) is 21.0. The number of rotatable bonds is 7. The minimum Gasteiger partial charge on any atom is -1.00 e. The average Bonchev–Trinajstić information content (AvgIpc) is 2.58. The van der Waals surface area contributed by atoms with E-state index in [0.29, 0.717) is 23.4 Å². The number of nitrogens with zero attached hydrogens (tertiary/aromatic N) is 2. The molecule has 24 heavy (non-hydrogen) atoms. The number of likely N-dealkylation sites (tertiary alicyclic amines) is 1. The molecule has 0 unspecified atom stereocenters. The molecule has 0 spiro atoms. The molecule has 1 aliphatic heterocycles. The number of piperidine rings is 1. The molecule has 1 aromatic heterocycles. The molecule has 2 rings (SSSR count). The minimum absolute atomic E-state index is 0. The van der Waals surface area contributed by atoms with E-state index in [-0.39, 0.29) is 18.3 Å². The van der Waals surface area contributed by atoms with E-state index < -0.39 is 0 Å². The highest BCUT2D eigenvalue weighted by molar-refractivity contribution is 6.30. The number of amides is 1. The summed E-state index contributed by atoms with van der Waals surface area (Å²) in [5, 5.41) is 0.614. The van der Waals surface area contributed by atoms with Gasteiger partial charge in [-0.3, -0.25) is 4.79 Å². The first-order chi connectivity index (χ1) is 11.1. The highest BCUT2D eigenvalue weighted by atomic mass is 35.5. The third-order valence-corrected chi connectivity index (χ3v) is 4.75. The molecular weight excluding hydrogens is 349 g/mol. The minimum atomic E-state index is 0. The van der Waals surface area contributed by atoms with E-state index in [1.807, 2.05) is 18.7 Å². The Kier molecular flexibility index (Phi) is 9.41. The summed E-state index contributed by atoms with van der Waals surface area (Å²) in [5.41, 5.74) is 0. The van der Waals surface area contributed by atoms with Crippen LogP contribution in [0.25, 0.3) is 0 Å². The standard InChI is InChI=1S/C17H26ClN3O2.ClH/c1-3-21(4-2)17(22)14-7-9-20(10-8-14)11-12-23-16-6-5-15(18)13-19-16;/h5-6,13-14H,3-4,7-12H2,1-2H3;1H. The lowest BCUT2D eigenvalue weighted by atomic mass is 9.95. The number of quaternary nitrogens is 1. The van der Waals surface area contributed by atoms with E-state index >= 15 is 0 Å². The Morgan fingerprint density at radius 3 is 2.54 bits per heavy atom. The number of ether oxygens (including phenoxy) is 1.